The van der Waals surface area contributed by atoms with E-state index in [9.17, 15) is 24.9 Å². The molecule has 1 amide bonds. The van der Waals surface area contributed by atoms with Gasteiger partial charge in [-0.2, -0.15) is 0 Å². The van der Waals surface area contributed by atoms with Crippen molar-refractivity contribution >= 4 is 11.9 Å². The summed E-state index contributed by atoms with van der Waals surface area (Å²) in [4.78, 5) is 25.7. The molecular formula is C18H23NO5. The van der Waals surface area contributed by atoms with E-state index in [4.69, 9.17) is 0 Å². The van der Waals surface area contributed by atoms with Gasteiger partial charge in [-0.05, 0) is 36.3 Å². The van der Waals surface area contributed by atoms with Crippen LogP contribution in [0.2, 0.25) is 0 Å². The fourth-order valence-electron chi connectivity index (χ4n) is 3.87. The highest BCUT2D eigenvalue weighted by Crippen LogP contribution is 2.40. The molecule has 1 fully saturated rings. The summed E-state index contributed by atoms with van der Waals surface area (Å²) in [6.07, 6.45) is 0.0519. The lowest BCUT2D eigenvalue weighted by Gasteiger charge is -2.34. The molecule has 3 N–H and O–H groups in total. The zero-order valence-electron chi connectivity index (χ0n) is 13.5. The first-order valence-corrected chi connectivity index (χ1v) is 8.42. The van der Waals surface area contributed by atoms with Gasteiger partial charge in [0.15, 0.2) is 0 Å². The minimum absolute atomic E-state index is 0.0631. The number of rotatable bonds is 4. The lowest BCUT2D eigenvalue weighted by Crippen LogP contribution is -2.49. The van der Waals surface area contributed by atoms with Gasteiger partial charge in [0.2, 0.25) is 5.91 Å². The summed E-state index contributed by atoms with van der Waals surface area (Å²) in [5.74, 6) is -2.13. The first kappa shape index (κ1) is 16.9. The molecule has 0 saturated carbocycles. The second-order valence-corrected chi connectivity index (χ2v) is 6.76. The van der Waals surface area contributed by atoms with Crippen LogP contribution in [-0.4, -0.2) is 57.4 Å². The molecule has 0 aromatic heterocycles. The van der Waals surface area contributed by atoms with Gasteiger partial charge in [0.25, 0.3) is 0 Å². The molecule has 0 radical (unpaired) electrons. The highest BCUT2D eigenvalue weighted by atomic mass is 16.4. The number of aliphatic carboxylic acids is 1. The van der Waals surface area contributed by atoms with Crippen LogP contribution < -0.4 is 0 Å². The Morgan fingerprint density at radius 2 is 1.92 bits per heavy atom. The average molecular weight is 333 g/mol. The molecule has 1 aliphatic carbocycles. The number of aliphatic hydroxyl groups is 2. The van der Waals surface area contributed by atoms with Crippen molar-refractivity contribution < 1.29 is 24.9 Å². The monoisotopic (exact) mass is 333 g/mol. The second kappa shape index (κ2) is 6.91. The number of carbonyl (C=O) groups is 2. The van der Waals surface area contributed by atoms with Crippen molar-refractivity contribution in [1.29, 1.82) is 0 Å². The normalized spacial score (nSPS) is 27.6. The molecule has 1 unspecified atom stereocenters. The number of hydrogen-bond donors (Lipinski definition) is 3. The Kier molecular flexibility index (Phi) is 4.87. The number of β-amino-alcohol motifs (C(OH)–C–C–N with tert-alkyl or cyclic N) is 1. The number of likely N-dealkylation sites (tertiary alicyclic amines) is 1. The van der Waals surface area contributed by atoms with E-state index in [0.29, 0.717) is 13.0 Å². The molecule has 1 aromatic rings. The Bertz CT molecular complexity index is 632. The lowest BCUT2D eigenvalue weighted by atomic mass is 9.84. The number of carboxylic acid groups (broad SMARTS) is 1. The van der Waals surface area contributed by atoms with Crippen molar-refractivity contribution in [2.24, 2.45) is 5.92 Å². The number of carbonyl (C=O) groups excluding carboxylic acids is 1. The third-order valence-electron chi connectivity index (χ3n) is 5.28. The molecule has 1 aliphatic heterocycles. The van der Waals surface area contributed by atoms with E-state index >= 15 is 0 Å². The van der Waals surface area contributed by atoms with E-state index in [1.165, 1.54) is 4.90 Å². The predicted molar refractivity (Wildman–Crippen MR) is 86.5 cm³/mol. The predicted octanol–water partition coefficient (Wildman–Crippen LogP) is 0.761. The van der Waals surface area contributed by atoms with Gasteiger partial charge in [-0.25, -0.2) is 0 Å². The van der Waals surface area contributed by atoms with E-state index in [0.717, 1.165) is 24.0 Å². The number of aryl methyl sites for hydroxylation is 1. The minimum Gasteiger partial charge on any atom is -0.481 e. The van der Waals surface area contributed by atoms with Crippen molar-refractivity contribution in [3.63, 3.8) is 0 Å². The van der Waals surface area contributed by atoms with Gasteiger partial charge in [-0.1, -0.05) is 24.3 Å². The average Bonchev–Trinajstić information content (AvgIpc) is 2.98. The number of hydrogen-bond acceptors (Lipinski definition) is 4. The summed E-state index contributed by atoms with van der Waals surface area (Å²) in [7, 11) is 0. The van der Waals surface area contributed by atoms with Crippen LogP contribution in [-0.2, 0) is 16.0 Å². The van der Waals surface area contributed by atoms with E-state index in [2.05, 4.69) is 0 Å². The number of benzene rings is 1. The Balaban J connectivity index is 1.71. The molecule has 6 heteroatoms. The van der Waals surface area contributed by atoms with Gasteiger partial charge < -0.3 is 20.2 Å². The zero-order chi connectivity index (χ0) is 17.3. The number of aliphatic hydroxyl groups excluding tert-OH is 2. The lowest BCUT2D eigenvalue weighted by molar-refractivity contribution is -0.149. The van der Waals surface area contributed by atoms with Gasteiger partial charge in [0.05, 0.1) is 18.1 Å². The molecule has 1 aromatic carbocycles. The van der Waals surface area contributed by atoms with Crippen LogP contribution in [0, 0.1) is 5.92 Å². The molecule has 1 saturated heterocycles. The summed E-state index contributed by atoms with van der Waals surface area (Å²) in [5.41, 5.74) is 2.20. The Labute approximate surface area is 140 Å². The highest BCUT2D eigenvalue weighted by Gasteiger charge is 2.37. The third-order valence-corrected chi connectivity index (χ3v) is 5.28. The van der Waals surface area contributed by atoms with Gasteiger partial charge in [0, 0.05) is 19.5 Å². The highest BCUT2D eigenvalue weighted by molar-refractivity contribution is 5.83. The maximum Gasteiger partial charge on any atom is 0.307 e. The van der Waals surface area contributed by atoms with E-state index < -0.39 is 24.1 Å². The Hall–Kier alpha value is -1.92. The third kappa shape index (κ3) is 3.30. The molecule has 4 atom stereocenters. The molecule has 0 bridgehead atoms. The molecule has 2 aliphatic rings. The molecule has 3 rings (SSSR count). The van der Waals surface area contributed by atoms with E-state index in [1.54, 1.807) is 0 Å². The van der Waals surface area contributed by atoms with E-state index in [1.807, 2.05) is 24.3 Å². The van der Waals surface area contributed by atoms with Crippen LogP contribution in [0.5, 0.6) is 0 Å². The maximum absolute atomic E-state index is 12.5. The second-order valence-electron chi connectivity index (χ2n) is 6.76. The fourth-order valence-corrected chi connectivity index (χ4v) is 3.87. The maximum atomic E-state index is 12.5. The van der Waals surface area contributed by atoms with Gasteiger partial charge >= 0.3 is 5.97 Å². The minimum atomic E-state index is -0.960. The van der Waals surface area contributed by atoms with Crippen LogP contribution >= 0.6 is 0 Å². The van der Waals surface area contributed by atoms with Crippen molar-refractivity contribution in [3.8, 4) is 0 Å². The van der Waals surface area contributed by atoms with Crippen LogP contribution in [0.25, 0.3) is 0 Å². The molecule has 1 heterocycles. The summed E-state index contributed by atoms with van der Waals surface area (Å²) >= 11 is 0. The topological polar surface area (TPSA) is 98.1 Å². The van der Waals surface area contributed by atoms with Gasteiger partial charge in [0.1, 0.15) is 0 Å². The Morgan fingerprint density at radius 1 is 1.17 bits per heavy atom. The van der Waals surface area contributed by atoms with Crippen molar-refractivity contribution in [1.82, 2.24) is 4.90 Å². The molecule has 24 heavy (non-hydrogen) atoms. The van der Waals surface area contributed by atoms with Crippen LogP contribution in [0.1, 0.15) is 36.3 Å². The summed E-state index contributed by atoms with van der Waals surface area (Å²) < 4.78 is 0. The number of fused-ring (bicyclic) bond motifs is 1. The van der Waals surface area contributed by atoms with Gasteiger partial charge in [-0.3, -0.25) is 9.59 Å². The quantitative estimate of drug-likeness (QED) is 0.756. The largest absolute Gasteiger partial charge is 0.481 e. The van der Waals surface area contributed by atoms with Crippen LogP contribution in [0.4, 0.5) is 0 Å². The molecular weight excluding hydrogens is 310 g/mol. The summed E-state index contributed by atoms with van der Waals surface area (Å²) in [6, 6.07) is 7.82. The van der Waals surface area contributed by atoms with Crippen LogP contribution in [0.3, 0.4) is 0 Å². The fraction of sp³-hybridized carbons (Fsp3) is 0.556. The first-order valence-electron chi connectivity index (χ1n) is 8.42. The van der Waals surface area contributed by atoms with Crippen LogP contribution in [0.15, 0.2) is 24.3 Å². The zero-order valence-corrected chi connectivity index (χ0v) is 13.5. The number of carboxylic acids is 1. The molecule has 0 spiro atoms. The molecule has 130 valence electrons. The number of piperidine rings is 1. The standard InChI is InChI=1S/C18H23NO5/c20-15-7-8-19(10-16(15)21)17(22)9-14(18(23)24)13-6-5-11-3-1-2-4-12(11)13/h1-4,13-16,20-21H,5-10H2,(H,23,24)/t13-,14?,15-,16+/m1/s1. The Morgan fingerprint density at radius 3 is 2.62 bits per heavy atom. The van der Waals surface area contributed by atoms with Crippen molar-refractivity contribution in [2.45, 2.75) is 43.8 Å². The van der Waals surface area contributed by atoms with Gasteiger partial charge in [-0.15, -0.1) is 0 Å². The van der Waals surface area contributed by atoms with E-state index in [-0.39, 0.29) is 24.8 Å². The van der Waals surface area contributed by atoms with Crippen molar-refractivity contribution in [3.05, 3.63) is 35.4 Å². The first-order chi connectivity index (χ1) is 11.5. The van der Waals surface area contributed by atoms with Crippen molar-refractivity contribution in [2.75, 3.05) is 13.1 Å². The number of nitrogens with zero attached hydrogens (tertiary/aromatic N) is 1. The smallest absolute Gasteiger partial charge is 0.307 e. The molecule has 6 nitrogen and oxygen atoms in total. The SMILES string of the molecule is O=C(O)C(CC(=O)N1CC[C@@H](O)[C@@H](O)C1)[C@@H]1CCc2ccccc21. The summed E-state index contributed by atoms with van der Waals surface area (Å²) in [5, 5.41) is 28.9. The summed E-state index contributed by atoms with van der Waals surface area (Å²) in [6.45, 7) is 0.415. The number of amides is 1.